The predicted molar refractivity (Wildman–Crippen MR) is 98.2 cm³/mol. The summed E-state index contributed by atoms with van der Waals surface area (Å²) in [5.74, 6) is -0.416. The summed E-state index contributed by atoms with van der Waals surface area (Å²) in [4.78, 5) is 35.7. The van der Waals surface area contributed by atoms with E-state index in [0.717, 1.165) is 0 Å². The molecular formula is C19H19ClN2O4. The van der Waals surface area contributed by atoms with Gasteiger partial charge in [0.25, 0.3) is 5.91 Å². The first kappa shape index (κ1) is 19.5. The van der Waals surface area contributed by atoms with Crippen molar-refractivity contribution in [1.29, 1.82) is 0 Å². The zero-order valence-electron chi connectivity index (χ0n) is 14.3. The van der Waals surface area contributed by atoms with E-state index in [1.807, 2.05) is 6.92 Å². The summed E-state index contributed by atoms with van der Waals surface area (Å²) in [6.07, 6.45) is -0.00257. The van der Waals surface area contributed by atoms with Gasteiger partial charge in [0.2, 0.25) is 5.91 Å². The van der Waals surface area contributed by atoms with E-state index in [2.05, 4.69) is 10.9 Å². The van der Waals surface area contributed by atoms with Gasteiger partial charge in [0.1, 0.15) is 5.75 Å². The highest BCUT2D eigenvalue weighted by atomic mass is 35.5. The maximum atomic E-state index is 12.0. The molecule has 0 saturated carbocycles. The number of rotatable bonds is 7. The van der Waals surface area contributed by atoms with Gasteiger partial charge in [0.05, 0.1) is 6.61 Å². The first-order valence-electron chi connectivity index (χ1n) is 8.10. The van der Waals surface area contributed by atoms with Crippen LogP contribution >= 0.6 is 11.6 Å². The molecule has 0 aliphatic carbocycles. The predicted octanol–water partition coefficient (Wildman–Crippen LogP) is 3.16. The molecule has 0 heterocycles. The average molecular weight is 375 g/mol. The number of amides is 2. The van der Waals surface area contributed by atoms with E-state index in [4.69, 9.17) is 16.3 Å². The van der Waals surface area contributed by atoms with Gasteiger partial charge < -0.3 is 4.74 Å². The lowest BCUT2D eigenvalue weighted by Gasteiger charge is -2.08. The third kappa shape index (κ3) is 5.89. The number of hydrogen-bond acceptors (Lipinski definition) is 4. The lowest BCUT2D eigenvalue weighted by Crippen LogP contribution is -2.41. The van der Waals surface area contributed by atoms with Gasteiger partial charge in [-0.1, -0.05) is 11.6 Å². The molecular weight excluding hydrogens is 356 g/mol. The molecule has 0 bridgehead atoms. The number of ketones is 1. The quantitative estimate of drug-likeness (QED) is 0.576. The van der Waals surface area contributed by atoms with Crippen molar-refractivity contribution < 1.29 is 19.1 Å². The lowest BCUT2D eigenvalue weighted by atomic mass is 10.1. The monoisotopic (exact) mass is 374 g/mol. The van der Waals surface area contributed by atoms with Crippen molar-refractivity contribution in [2.45, 2.75) is 19.8 Å². The summed E-state index contributed by atoms with van der Waals surface area (Å²) in [5, 5.41) is 0.538. The number of hydrazine groups is 1. The number of carbonyl (C=O) groups is 3. The molecule has 2 amide bonds. The van der Waals surface area contributed by atoms with E-state index in [9.17, 15) is 14.4 Å². The van der Waals surface area contributed by atoms with Crippen LogP contribution in [0.3, 0.4) is 0 Å². The standard InChI is InChI=1S/C19H19ClN2O4/c1-2-26-16-9-5-14(6-10-16)19(25)22-21-18(24)12-11-17(23)13-3-7-15(20)8-4-13/h3-10H,2,11-12H2,1H3,(H,21,24)(H,22,25). The molecule has 2 aromatic carbocycles. The summed E-state index contributed by atoms with van der Waals surface area (Å²) >= 11 is 5.77. The molecule has 136 valence electrons. The highest BCUT2D eigenvalue weighted by molar-refractivity contribution is 6.30. The van der Waals surface area contributed by atoms with Gasteiger partial charge in [-0.15, -0.1) is 0 Å². The zero-order valence-corrected chi connectivity index (χ0v) is 15.0. The molecule has 7 heteroatoms. The second-order valence-electron chi connectivity index (χ2n) is 5.39. The SMILES string of the molecule is CCOc1ccc(C(=O)NNC(=O)CCC(=O)c2ccc(Cl)cc2)cc1. The van der Waals surface area contributed by atoms with Crippen LogP contribution in [-0.2, 0) is 4.79 Å². The Morgan fingerprint density at radius 1 is 0.885 bits per heavy atom. The van der Waals surface area contributed by atoms with Crippen molar-refractivity contribution in [3.05, 3.63) is 64.7 Å². The van der Waals surface area contributed by atoms with Gasteiger partial charge in [-0.2, -0.15) is 0 Å². The Morgan fingerprint density at radius 2 is 1.50 bits per heavy atom. The smallest absolute Gasteiger partial charge is 0.269 e. The summed E-state index contributed by atoms with van der Waals surface area (Å²) in [6.45, 7) is 2.41. The fourth-order valence-electron chi connectivity index (χ4n) is 2.14. The fraction of sp³-hybridized carbons (Fsp3) is 0.211. The molecule has 0 atom stereocenters. The van der Waals surface area contributed by atoms with Gasteiger partial charge in [0.15, 0.2) is 5.78 Å². The second-order valence-corrected chi connectivity index (χ2v) is 5.83. The van der Waals surface area contributed by atoms with Crippen LogP contribution in [0.15, 0.2) is 48.5 Å². The summed E-state index contributed by atoms with van der Waals surface area (Å²) in [6, 6.07) is 13.0. The third-order valence-corrected chi connectivity index (χ3v) is 3.74. The van der Waals surface area contributed by atoms with E-state index >= 15 is 0 Å². The zero-order chi connectivity index (χ0) is 18.9. The van der Waals surface area contributed by atoms with Crippen molar-refractivity contribution in [2.24, 2.45) is 0 Å². The van der Waals surface area contributed by atoms with E-state index in [1.54, 1.807) is 48.5 Å². The normalized spacial score (nSPS) is 10.1. The van der Waals surface area contributed by atoms with Crippen LogP contribution in [0.4, 0.5) is 0 Å². The molecule has 0 saturated heterocycles. The minimum absolute atomic E-state index is 0.0341. The van der Waals surface area contributed by atoms with Crippen LogP contribution in [0.1, 0.15) is 40.5 Å². The third-order valence-electron chi connectivity index (χ3n) is 3.49. The number of carbonyl (C=O) groups excluding carboxylic acids is 3. The number of hydrogen-bond donors (Lipinski definition) is 2. The Balaban J connectivity index is 1.76. The lowest BCUT2D eigenvalue weighted by molar-refractivity contribution is -0.121. The van der Waals surface area contributed by atoms with E-state index in [1.165, 1.54) is 0 Å². The molecule has 0 fully saturated rings. The Bertz CT molecular complexity index is 773. The molecule has 0 spiro atoms. The summed E-state index contributed by atoms with van der Waals surface area (Å²) in [5.41, 5.74) is 5.47. The van der Waals surface area contributed by atoms with Gasteiger partial charge in [0, 0.05) is 29.0 Å². The maximum Gasteiger partial charge on any atom is 0.269 e. The fourth-order valence-corrected chi connectivity index (χ4v) is 2.26. The highest BCUT2D eigenvalue weighted by Crippen LogP contribution is 2.12. The van der Waals surface area contributed by atoms with Crippen molar-refractivity contribution in [3.8, 4) is 5.75 Å². The summed E-state index contributed by atoms with van der Waals surface area (Å²) < 4.78 is 5.30. The van der Waals surface area contributed by atoms with Gasteiger partial charge in [-0.05, 0) is 55.5 Å². The Labute approximate surface area is 156 Å². The maximum absolute atomic E-state index is 12.0. The van der Waals surface area contributed by atoms with Crippen LogP contribution in [-0.4, -0.2) is 24.2 Å². The topological polar surface area (TPSA) is 84.5 Å². The second kappa shape index (κ2) is 9.58. The molecule has 0 aromatic heterocycles. The molecule has 0 aliphatic rings. The van der Waals surface area contributed by atoms with Crippen molar-refractivity contribution in [2.75, 3.05) is 6.61 Å². The minimum atomic E-state index is -0.453. The van der Waals surface area contributed by atoms with Crippen molar-refractivity contribution in [3.63, 3.8) is 0 Å². The molecule has 6 nitrogen and oxygen atoms in total. The Hall–Kier alpha value is -2.86. The Morgan fingerprint density at radius 3 is 2.12 bits per heavy atom. The number of nitrogens with one attached hydrogen (secondary N) is 2. The van der Waals surface area contributed by atoms with Crippen LogP contribution in [0.2, 0.25) is 5.02 Å². The van der Waals surface area contributed by atoms with E-state index < -0.39 is 11.8 Å². The van der Waals surface area contributed by atoms with E-state index in [-0.39, 0.29) is 18.6 Å². The molecule has 0 radical (unpaired) electrons. The highest BCUT2D eigenvalue weighted by Gasteiger charge is 2.11. The molecule has 2 N–H and O–H groups in total. The number of benzene rings is 2. The van der Waals surface area contributed by atoms with Crippen LogP contribution in [0.5, 0.6) is 5.75 Å². The van der Waals surface area contributed by atoms with Crippen LogP contribution < -0.4 is 15.6 Å². The van der Waals surface area contributed by atoms with E-state index in [0.29, 0.717) is 28.5 Å². The summed E-state index contributed by atoms with van der Waals surface area (Å²) in [7, 11) is 0. The largest absolute Gasteiger partial charge is 0.494 e. The van der Waals surface area contributed by atoms with Gasteiger partial charge in [-0.25, -0.2) is 0 Å². The molecule has 2 rings (SSSR count). The van der Waals surface area contributed by atoms with Crippen molar-refractivity contribution >= 4 is 29.2 Å². The Kier molecular flexibility index (Phi) is 7.17. The molecule has 0 unspecified atom stereocenters. The molecule has 2 aromatic rings. The number of ether oxygens (including phenoxy) is 1. The number of Topliss-reactive ketones (excluding diaryl/α,β-unsaturated/α-hetero) is 1. The first-order chi connectivity index (χ1) is 12.5. The van der Waals surface area contributed by atoms with Crippen LogP contribution in [0.25, 0.3) is 0 Å². The molecule has 0 aliphatic heterocycles. The first-order valence-corrected chi connectivity index (χ1v) is 8.48. The van der Waals surface area contributed by atoms with Gasteiger partial charge in [-0.3, -0.25) is 25.2 Å². The molecule has 26 heavy (non-hydrogen) atoms. The van der Waals surface area contributed by atoms with Crippen molar-refractivity contribution in [1.82, 2.24) is 10.9 Å². The van der Waals surface area contributed by atoms with Crippen LogP contribution in [0, 0.1) is 0 Å². The minimum Gasteiger partial charge on any atom is -0.494 e. The van der Waals surface area contributed by atoms with Gasteiger partial charge >= 0.3 is 0 Å². The average Bonchev–Trinajstić information content (AvgIpc) is 2.65. The number of halogens is 1.